The highest BCUT2D eigenvalue weighted by molar-refractivity contribution is 7.57. The maximum atomic E-state index is 8.36. The van der Waals surface area contributed by atoms with E-state index in [2.05, 4.69) is 36.2 Å². The Kier molecular flexibility index (Phi) is 27.9. The van der Waals surface area contributed by atoms with Gasteiger partial charge in [-0.2, -0.15) is 15.4 Å². The Bertz CT molecular complexity index is 642. The highest BCUT2D eigenvalue weighted by Gasteiger charge is 2.08. The molecule has 0 spiro atoms. The summed E-state index contributed by atoms with van der Waals surface area (Å²) in [6.45, 7) is 6.71. The van der Waals surface area contributed by atoms with E-state index in [1.807, 2.05) is 24.3 Å². The highest BCUT2D eigenvalue weighted by Crippen LogP contribution is 2.39. The Labute approximate surface area is 229 Å². The average molecular weight is 536 g/mol. The first-order valence-corrected chi connectivity index (χ1v) is 17.2. The van der Waals surface area contributed by atoms with Crippen LogP contribution in [0.1, 0.15) is 136 Å². The van der Waals surface area contributed by atoms with E-state index < -0.39 is 0 Å². The molecule has 5 nitrogen and oxygen atoms in total. The van der Waals surface area contributed by atoms with E-state index >= 15 is 0 Å². The first kappa shape index (κ1) is 35.5. The topological polar surface area (TPSA) is 78.9 Å². The third kappa shape index (κ3) is 23.4. The quantitative estimate of drug-likeness (QED) is 0.0946. The van der Waals surface area contributed by atoms with Crippen LogP contribution < -0.4 is 0 Å². The number of nitrogens with zero attached hydrogens (tertiary/aromatic N) is 2. The van der Waals surface area contributed by atoms with E-state index in [1.165, 1.54) is 116 Å². The Morgan fingerprint density at radius 1 is 0.622 bits per heavy atom. The first-order valence-electron chi connectivity index (χ1n) is 15.3. The lowest BCUT2D eigenvalue weighted by atomic mass is 10.1. The number of unbranched alkanes of at least 4 members (excludes halogenated alkanes) is 15. The van der Waals surface area contributed by atoms with Gasteiger partial charge in [-0.15, -0.1) is 7.92 Å². The van der Waals surface area contributed by atoms with Gasteiger partial charge in [0.05, 0.1) is 0 Å². The van der Waals surface area contributed by atoms with E-state index in [0.29, 0.717) is 7.92 Å². The van der Waals surface area contributed by atoms with Gasteiger partial charge in [0.1, 0.15) is 11.0 Å². The lowest BCUT2D eigenvalue weighted by Gasteiger charge is -2.18. The molecule has 0 amide bonds. The molecule has 0 saturated carbocycles. The van der Waals surface area contributed by atoms with Crippen LogP contribution in [0.2, 0.25) is 0 Å². The van der Waals surface area contributed by atoms with Crippen molar-refractivity contribution >= 4 is 25.4 Å². The van der Waals surface area contributed by atoms with Crippen LogP contribution >= 0.6 is 7.92 Å². The number of hydrogen-bond donors (Lipinski definition) is 2. The van der Waals surface area contributed by atoms with Crippen molar-refractivity contribution in [1.82, 2.24) is 15.4 Å². The van der Waals surface area contributed by atoms with Crippen molar-refractivity contribution < 1.29 is 9.90 Å². The number of fused-ring (bicyclic) bond motifs is 1. The molecule has 214 valence electrons. The molecule has 0 unspecified atom stereocenters. The molecule has 2 aromatic rings. The molecule has 1 heterocycles. The van der Waals surface area contributed by atoms with E-state index in [4.69, 9.17) is 9.90 Å². The molecule has 1 aromatic carbocycles. The van der Waals surface area contributed by atoms with Gasteiger partial charge in [-0.1, -0.05) is 129 Å². The van der Waals surface area contributed by atoms with Gasteiger partial charge in [-0.3, -0.25) is 4.79 Å². The SMILES string of the molecule is CCCCCCCCP(CCCCCCCC)CCCCCCCC.O=CO.c1ccc2n[nH]nc2c1. The molecule has 2 N–H and O–H groups in total. The molecule has 0 aliphatic carbocycles. The highest BCUT2D eigenvalue weighted by atomic mass is 31.1. The number of hydrogen-bond acceptors (Lipinski definition) is 3. The molecule has 37 heavy (non-hydrogen) atoms. The summed E-state index contributed by atoms with van der Waals surface area (Å²) in [6, 6.07) is 7.70. The summed E-state index contributed by atoms with van der Waals surface area (Å²) in [5.41, 5.74) is 1.83. The lowest BCUT2D eigenvalue weighted by molar-refractivity contribution is -0.122. The Morgan fingerprint density at radius 3 is 1.24 bits per heavy atom. The summed E-state index contributed by atoms with van der Waals surface area (Å²) >= 11 is 0. The average Bonchev–Trinajstić information content (AvgIpc) is 3.39. The van der Waals surface area contributed by atoms with Crippen LogP contribution in [0.3, 0.4) is 0 Å². The number of carboxylic acid groups (broad SMARTS) is 1. The maximum Gasteiger partial charge on any atom is 0.290 e. The lowest BCUT2D eigenvalue weighted by Crippen LogP contribution is -1.97. The fourth-order valence-electron chi connectivity index (χ4n) is 4.47. The molecule has 0 bridgehead atoms. The van der Waals surface area contributed by atoms with Crippen LogP contribution in [0.4, 0.5) is 0 Å². The zero-order chi connectivity index (χ0) is 27.2. The van der Waals surface area contributed by atoms with E-state index in [9.17, 15) is 0 Å². The zero-order valence-corrected chi connectivity index (χ0v) is 25.3. The number of carbonyl (C=O) groups is 1. The number of aromatic amines is 1. The van der Waals surface area contributed by atoms with Crippen LogP contribution in [0.5, 0.6) is 0 Å². The summed E-state index contributed by atoms with van der Waals surface area (Å²) in [6.07, 6.45) is 31.2. The van der Waals surface area contributed by atoms with Crippen LogP contribution in [-0.4, -0.2) is 45.5 Å². The molecule has 1 aromatic heterocycles. The van der Waals surface area contributed by atoms with Crippen molar-refractivity contribution in [2.24, 2.45) is 0 Å². The summed E-state index contributed by atoms with van der Waals surface area (Å²) in [5.74, 6) is 0. The molecule has 0 radical (unpaired) electrons. The van der Waals surface area contributed by atoms with Crippen molar-refractivity contribution in [3.05, 3.63) is 24.3 Å². The first-order chi connectivity index (χ1) is 18.2. The fourth-order valence-corrected chi connectivity index (χ4v) is 7.15. The minimum atomic E-state index is -0.250. The largest absolute Gasteiger partial charge is 0.483 e. The smallest absolute Gasteiger partial charge is 0.290 e. The molecule has 0 fully saturated rings. The van der Waals surface area contributed by atoms with Crippen molar-refractivity contribution in [3.8, 4) is 0 Å². The Morgan fingerprint density at radius 2 is 0.919 bits per heavy atom. The van der Waals surface area contributed by atoms with Gasteiger partial charge in [0.2, 0.25) is 0 Å². The minimum absolute atomic E-state index is 0.250. The second-order valence-corrected chi connectivity index (χ2v) is 12.7. The number of benzene rings is 1. The second kappa shape index (κ2) is 29.1. The van der Waals surface area contributed by atoms with Crippen molar-refractivity contribution in [2.45, 2.75) is 136 Å². The van der Waals surface area contributed by atoms with Gasteiger partial charge < -0.3 is 5.11 Å². The van der Waals surface area contributed by atoms with Crippen LogP contribution in [0, 0.1) is 0 Å². The Balaban J connectivity index is 0.000000870. The molecule has 6 heteroatoms. The van der Waals surface area contributed by atoms with E-state index in [1.54, 1.807) is 18.5 Å². The summed E-state index contributed by atoms with van der Waals surface area (Å²) in [4.78, 5) is 8.36. The van der Waals surface area contributed by atoms with Crippen LogP contribution in [0.15, 0.2) is 24.3 Å². The van der Waals surface area contributed by atoms with Gasteiger partial charge in [0, 0.05) is 0 Å². The number of nitrogens with one attached hydrogen (secondary N) is 1. The summed E-state index contributed by atoms with van der Waals surface area (Å²) in [7, 11) is 0.366. The number of rotatable bonds is 21. The molecular weight excluding hydrogens is 477 g/mol. The van der Waals surface area contributed by atoms with Gasteiger partial charge in [-0.25, -0.2) is 0 Å². The third-order valence-electron chi connectivity index (χ3n) is 6.71. The van der Waals surface area contributed by atoms with Crippen LogP contribution in [-0.2, 0) is 4.79 Å². The molecular formula is C31H58N3O2P. The van der Waals surface area contributed by atoms with Gasteiger partial charge in [0.25, 0.3) is 6.47 Å². The molecule has 0 aliphatic heterocycles. The summed E-state index contributed by atoms with van der Waals surface area (Å²) < 4.78 is 0. The normalized spacial score (nSPS) is 10.6. The van der Waals surface area contributed by atoms with Gasteiger partial charge in [0.15, 0.2) is 0 Å². The Hall–Kier alpha value is -1.48. The van der Waals surface area contributed by atoms with E-state index in [-0.39, 0.29) is 6.47 Å². The van der Waals surface area contributed by atoms with Crippen molar-refractivity contribution in [2.75, 3.05) is 18.5 Å². The zero-order valence-electron chi connectivity index (χ0n) is 24.4. The second-order valence-electron chi connectivity index (χ2n) is 10.1. The van der Waals surface area contributed by atoms with E-state index in [0.717, 1.165) is 11.0 Å². The van der Waals surface area contributed by atoms with Crippen LogP contribution in [0.25, 0.3) is 11.0 Å². The predicted octanol–water partition coefficient (Wildman–Crippen LogP) is 10.2. The maximum absolute atomic E-state index is 8.36. The monoisotopic (exact) mass is 535 g/mol. The minimum Gasteiger partial charge on any atom is -0.483 e. The molecule has 0 atom stereocenters. The molecule has 0 aliphatic rings. The third-order valence-corrected chi connectivity index (χ3v) is 9.55. The van der Waals surface area contributed by atoms with Gasteiger partial charge in [-0.05, 0) is 49.9 Å². The standard InChI is InChI=1S/C24H51P.C6H5N3.CH2O2/c1-4-7-10-13-16-19-22-25(23-20-17-14-11-8-5-2)24-21-18-15-12-9-6-3;1-2-4-6-5(3-1)7-9-8-6;2-1-3/h4-24H2,1-3H3;1-4H,(H,7,8,9);1H,(H,2,3). The summed E-state index contributed by atoms with van der Waals surface area (Å²) in [5, 5.41) is 17.2. The van der Waals surface area contributed by atoms with Crippen molar-refractivity contribution in [3.63, 3.8) is 0 Å². The molecule has 2 rings (SSSR count). The molecule has 0 saturated heterocycles. The predicted molar refractivity (Wildman–Crippen MR) is 164 cm³/mol. The fraction of sp³-hybridized carbons (Fsp3) is 0.774. The number of para-hydroxylation sites is 2. The van der Waals surface area contributed by atoms with Crippen molar-refractivity contribution in [1.29, 1.82) is 0 Å². The number of H-pyrrole nitrogens is 1. The number of aromatic nitrogens is 3. The van der Waals surface area contributed by atoms with Gasteiger partial charge >= 0.3 is 0 Å².